The number of ether oxygens (including phenoxy) is 3. The van der Waals surface area contributed by atoms with Crippen LogP contribution in [0.1, 0.15) is 56.8 Å². The Morgan fingerprint density at radius 3 is 2.02 bits per heavy atom. The number of allylic oxidation sites excluding steroid dienone is 1. The highest BCUT2D eigenvalue weighted by atomic mass is 16.5. The van der Waals surface area contributed by atoms with Crippen molar-refractivity contribution in [3.05, 3.63) is 42.5 Å². The van der Waals surface area contributed by atoms with Gasteiger partial charge in [-0.05, 0) is 54.9 Å². The maximum atomic E-state index is 12.4. The lowest BCUT2D eigenvalue weighted by atomic mass is 9.81. The quantitative estimate of drug-likeness (QED) is 0.113. The van der Waals surface area contributed by atoms with E-state index in [0.717, 1.165) is 12.8 Å². The summed E-state index contributed by atoms with van der Waals surface area (Å²) < 4.78 is 15.8. The highest BCUT2D eigenvalue weighted by molar-refractivity contribution is 5.94. The van der Waals surface area contributed by atoms with Crippen molar-refractivity contribution < 1.29 is 33.4 Å². The Kier molecular flexibility index (Phi) is 19.3. The number of methoxy groups -OCH3 is 1. The maximum absolute atomic E-state index is 12.4. The van der Waals surface area contributed by atoms with Gasteiger partial charge in [-0.15, -0.1) is 6.58 Å². The fourth-order valence-electron chi connectivity index (χ4n) is 4.30. The molecule has 0 saturated carbocycles. The van der Waals surface area contributed by atoms with Crippen molar-refractivity contribution in [1.29, 1.82) is 0 Å². The van der Waals surface area contributed by atoms with Crippen LogP contribution in [0.15, 0.2) is 36.9 Å². The van der Waals surface area contributed by atoms with Crippen LogP contribution in [0.25, 0.3) is 0 Å². The third kappa shape index (κ3) is 16.7. The first-order chi connectivity index (χ1) is 20.2. The smallest absolute Gasteiger partial charge is 0.251 e. The first-order valence-corrected chi connectivity index (χ1v) is 14.7. The summed E-state index contributed by atoms with van der Waals surface area (Å²) in [5.41, 5.74) is 0.582. The second-order valence-corrected chi connectivity index (χ2v) is 10.4. The zero-order chi connectivity index (χ0) is 31.2. The Bertz CT molecular complexity index is 953. The van der Waals surface area contributed by atoms with Gasteiger partial charge < -0.3 is 35.5 Å². The van der Waals surface area contributed by atoms with Gasteiger partial charge in [0.25, 0.3) is 5.91 Å². The molecular weight excluding hydrogens is 540 g/mol. The summed E-state index contributed by atoms with van der Waals surface area (Å²) in [6.07, 6.45) is 4.10. The van der Waals surface area contributed by atoms with Crippen LogP contribution in [0.3, 0.4) is 0 Å². The van der Waals surface area contributed by atoms with Crippen molar-refractivity contribution in [2.45, 2.75) is 46.5 Å². The van der Waals surface area contributed by atoms with Crippen molar-refractivity contribution in [1.82, 2.24) is 21.3 Å². The van der Waals surface area contributed by atoms with Crippen molar-refractivity contribution in [3.8, 4) is 5.75 Å². The number of carbonyl (C=O) groups excluding carboxylic acids is 4. The van der Waals surface area contributed by atoms with Crippen LogP contribution in [-0.2, 0) is 23.9 Å². The van der Waals surface area contributed by atoms with Crippen LogP contribution in [0.4, 0.5) is 0 Å². The molecule has 236 valence electrons. The number of benzene rings is 1. The predicted octanol–water partition coefficient (Wildman–Crippen LogP) is 2.46. The van der Waals surface area contributed by atoms with E-state index < -0.39 is 0 Å². The maximum Gasteiger partial charge on any atom is 0.251 e. The van der Waals surface area contributed by atoms with Crippen LogP contribution >= 0.6 is 0 Å². The van der Waals surface area contributed by atoms with E-state index in [9.17, 15) is 19.2 Å². The molecule has 1 aromatic carbocycles. The van der Waals surface area contributed by atoms with Gasteiger partial charge in [0.1, 0.15) is 19.0 Å². The highest BCUT2D eigenvalue weighted by Gasteiger charge is 2.18. The minimum Gasteiger partial charge on any atom is -0.491 e. The SMILES string of the molecule is C=CC(C)C(CCCNC(=O)c1ccc(OCCOCCNC(=O)CCC(=O)NCCNC(=O)COC)cc1)C(C)C. The van der Waals surface area contributed by atoms with E-state index in [1.807, 2.05) is 6.08 Å². The van der Waals surface area contributed by atoms with Crippen LogP contribution in [0.2, 0.25) is 0 Å². The van der Waals surface area contributed by atoms with Crippen molar-refractivity contribution >= 4 is 23.6 Å². The van der Waals surface area contributed by atoms with Gasteiger partial charge >= 0.3 is 0 Å². The summed E-state index contributed by atoms with van der Waals surface area (Å²) in [5.74, 6) is 1.35. The Morgan fingerprint density at radius 2 is 1.43 bits per heavy atom. The number of rotatable bonds is 23. The first kappa shape index (κ1) is 36.6. The summed E-state index contributed by atoms with van der Waals surface area (Å²) in [6.45, 7) is 13.0. The van der Waals surface area contributed by atoms with E-state index in [4.69, 9.17) is 9.47 Å². The molecule has 0 saturated heterocycles. The van der Waals surface area contributed by atoms with Gasteiger partial charge in [-0.3, -0.25) is 19.2 Å². The van der Waals surface area contributed by atoms with E-state index in [2.05, 4.69) is 53.4 Å². The molecule has 2 unspecified atom stereocenters. The number of carbonyl (C=O) groups is 4. The van der Waals surface area contributed by atoms with Crippen LogP contribution < -0.4 is 26.0 Å². The lowest BCUT2D eigenvalue weighted by Crippen LogP contribution is -2.36. The van der Waals surface area contributed by atoms with Crippen LogP contribution in [0.5, 0.6) is 5.75 Å². The minimum atomic E-state index is -0.266. The molecule has 0 fully saturated rings. The van der Waals surface area contributed by atoms with E-state index in [1.165, 1.54) is 7.11 Å². The van der Waals surface area contributed by atoms with Gasteiger partial charge in [-0.1, -0.05) is 26.8 Å². The summed E-state index contributed by atoms with van der Waals surface area (Å²) in [7, 11) is 1.43. The van der Waals surface area contributed by atoms with E-state index in [0.29, 0.717) is 68.5 Å². The van der Waals surface area contributed by atoms with Gasteiger partial charge in [-0.2, -0.15) is 0 Å². The number of hydrogen-bond donors (Lipinski definition) is 4. The lowest BCUT2D eigenvalue weighted by molar-refractivity contribution is -0.126. The fraction of sp³-hybridized carbons (Fsp3) is 0.613. The molecule has 1 rings (SSSR count). The third-order valence-electron chi connectivity index (χ3n) is 6.71. The highest BCUT2D eigenvalue weighted by Crippen LogP contribution is 2.26. The van der Waals surface area contributed by atoms with Gasteiger partial charge in [-0.25, -0.2) is 0 Å². The van der Waals surface area contributed by atoms with Gasteiger partial charge in [0, 0.05) is 51.7 Å². The van der Waals surface area contributed by atoms with Gasteiger partial charge in [0.2, 0.25) is 17.7 Å². The summed E-state index contributed by atoms with van der Waals surface area (Å²) in [5, 5.41) is 10.9. The minimum absolute atomic E-state index is 0.0313. The second-order valence-electron chi connectivity index (χ2n) is 10.4. The molecule has 0 aliphatic rings. The third-order valence-corrected chi connectivity index (χ3v) is 6.71. The molecular formula is C31H50N4O7. The molecule has 2 atom stereocenters. The Balaban J connectivity index is 2.10. The normalized spacial score (nSPS) is 12.2. The number of hydrogen-bond acceptors (Lipinski definition) is 7. The van der Waals surface area contributed by atoms with Crippen molar-refractivity contribution in [2.75, 3.05) is 59.7 Å². The predicted molar refractivity (Wildman–Crippen MR) is 162 cm³/mol. The van der Waals surface area contributed by atoms with Crippen molar-refractivity contribution in [3.63, 3.8) is 0 Å². The molecule has 4 amide bonds. The molecule has 0 aliphatic carbocycles. The molecule has 1 aromatic rings. The van der Waals surface area contributed by atoms with E-state index >= 15 is 0 Å². The summed E-state index contributed by atoms with van der Waals surface area (Å²) in [6, 6.07) is 6.98. The van der Waals surface area contributed by atoms with E-state index in [-0.39, 0.29) is 49.6 Å². The Labute approximate surface area is 250 Å². The zero-order valence-electron chi connectivity index (χ0n) is 25.7. The Morgan fingerprint density at radius 1 is 0.810 bits per heavy atom. The zero-order valence-corrected chi connectivity index (χ0v) is 25.7. The summed E-state index contributed by atoms with van der Waals surface area (Å²) >= 11 is 0. The molecule has 4 N–H and O–H groups in total. The van der Waals surface area contributed by atoms with Gasteiger partial charge in [0.05, 0.1) is 13.2 Å². The lowest BCUT2D eigenvalue weighted by Gasteiger charge is -2.25. The fourth-order valence-corrected chi connectivity index (χ4v) is 4.30. The molecule has 0 aromatic heterocycles. The second kappa shape index (κ2) is 22.2. The Hall–Kier alpha value is -3.44. The van der Waals surface area contributed by atoms with Gasteiger partial charge in [0.15, 0.2) is 0 Å². The summed E-state index contributed by atoms with van der Waals surface area (Å²) in [4.78, 5) is 47.3. The topological polar surface area (TPSA) is 144 Å². The molecule has 0 aliphatic heterocycles. The van der Waals surface area contributed by atoms with Crippen LogP contribution in [0, 0.1) is 17.8 Å². The molecule has 11 nitrogen and oxygen atoms in total. The first-order valence-electron chi connectivity index (χ1n) is 14.7. The number of amides is 4. The molecule has 0 bridgehead atoms. The van der Waals surface area contributed by atoms with E-state index in [1.54, 1.807) is 24.3 Å². The average molecular weight is 591 g/mol. The molecule has 0 spiro atoms. The van der Waals surface area contributed by atoms with Crippen molar-refractivity contribution in [2.24, 2.45) is 17.8 Å². The standard InChI is InChI=1S/C31H50N4O7/c1-6-24(4)27(23(2)3)8-7-15-35-31(39)25-9-11-26(12-10-25)42-21-20-41-19-18-34-29(37)14-13-28(36)32-16-17-33-30(38)22-40-5/h6,9-12,23-24,27H,1,7-8,13-22H2,2-5H3,(H,32,36)(H,33,38)(H,34,37)(H,35,39). The molecule has 0 heterocycles. The largest absolute Gasteiger partial charge is 0.491 e. The number of nitrogens with one attached hydrogen (secondary N) is 4. The monoisotopic (exact) mass is 590 g/mol. The molecule has 42 heavy (non-hydrogen) atoms. The van der Waals surface area contributed by atoms with Crippen LogP contribution in [-0.4, -0.2) is 83.3 Å². The molecule has 11 heteroatoms. The molecule has 0 radical (unpaired) electrons. The average Bonchev–Trinajstić information content (AvgIpc) is 2.97.